The van der Waals surface area contributed by atoms with Crippen LogP contribution in [0.3, 0.4) is 0 Å². The second-order valence-corrected chi connectivity index (χ2v) is 2.61. The first-order valence-corrected chi connectivity index (χ1v) is 3.34. The Morgan fingerprint density at radius 3 is 2.50 bits per heavy atom. The van der Waals surface area contributed by atoms with Crippen LogP contribution in [0, 0.1) is 0 Å². The van der Waals surface area contributed by atoms with Crippen LogP contribution in [-0.2, 0) is 0 Å². The van der Waals surface area contributed by atoms with Crippen LogP contribution in [0.2, 0.25) is 0 Å². The lowest BCUT2D eigenvalue weighted by Crippen LogP contribution is -3.16. The van der Waals surface area contributed by atoms with E-state index in [1.165, 1.54) is 25.9 Å². The number of rotatable bonds is 0. The quantitative estimate of drug-likeness (QED) is 0.432. The first-order chi connectivity index (χ1) is 3.80. The van der Waals surface area contributed by atoms with Crippen molar-refractivity contribution in [2.45, 2.75) is 12.8 Å². The van der Waals surface area contributed by atoms with Gasteiger partial charge in [0.2, 0.25) is 0 Å². The zero-order valence-corrected chi connectivity index (χ0v) is 5.78. The van der Waals surface area contributed by atoms with Crippen molar-refractivity contribution in [3.05, 3.63) is 0 Å². The van der Waals surface area contributed by atoms with Crippen molar-refractivity contribution in [2.75, 3.05) is 27.2 Å². The summed E-state index contributed by atoms with van der Waals surface area (Å²) in [5.41, 5.74) is 0. The Bertz CT molecular complexity index is 62.9. The maximum Gasteiger partial charge on any atom is 0.0946 e. The topological polar surface area (TPSA) is 7.68 Å². The lowest BCUT2D eigenvalue weighted by atomic mass is 10.2. The smallest absolute Gasteiger partial charge is 0.0946 e. The van der Waals surface area contributed by atoms with Gasteiger partial charge in [-0.2, -0.15) is 5.01 Å². The summed E-state index contributed by atoms with van der Waals surface area (Å²) in [6, 6.07) is 0. The molecule has 0 aromatic carbocycles. The molecule has 0 aromatic heterocycles. The first-order valence-electron chi connectivity index (χ1n) is 3.34. The van der Waals surface area contributed by atoms with Gasteiger partial charge in [0.05, 0.1) is 13.6 Å². The van der Waals surface area contributed by atoms with Crippen molar-refractivity contribution in [3.63, 3.8) is 0 Å². The molecule has 1 N–H and O–H groups in total. The Morgan fingerprint density at radius 1 is 1.38 bits per heavy atom. The minimum absolute atomic E-state index is 1.27. The summed E-state index contributed by atoms with van der Waals surface area (Å²) in [4.78, 5) is 0. The molecule has 1 aliphatic rings. The first kappa shape index (κ1) is 6.05. The Labute approximate surface area is 51.0 Å². The molecule has 0 spiro atoms. The predicted octanol–water partition coefficient (Wildman–Crippen LogP) is -0.858. The molecule has 2 nitrogen and oxygen atoms in total. The van der Waals surface area contributed by atoms with E-state index in [1.807, 2.05) is 0 Å². The number of nitrogens with one attached hydrogen (secondary N) is 1. The summed E-state index contributed by atoms with van der Waals surface area (Å²) in [5, 5.41) is 3.90. The Kier molecular flexibility index (Phi) is 1.86. The van der Waals surface area contributed by atoms with E-state index in [2.05, 4.69) is 19.1 Å². The lowest BCUT2D eigenvalue weighted by Gasteiger charge is -2.28. The van der Waals surface area contributed by atoms with Gasteiger partial charge in [0.15, 0.2) is 0 Å². The highest BCUT2D eigenvalue weighted by molar-refractivity contribution is 4.44. The van der Waals surface area contributed by atoms with Crippen LogP contribution >= 0.6 is 0 Å². The second-order valence-electron chi connectivity index (χ2n) is 2.61. The normalized spacial score (nSPS) is 33.0. The molecule has 1 atom stereocenters. The van der Waals surface area contributed by atoms with Gasteiger partial charge in [0.1, 0.15) is 0 Å². The van der Waals surface area contributed by atoms with Crippen molar-refractivity contribution >= 4 is 0 Å². The van der Waals surface area contributed by atoms with Gasteiger partial charge in [0.25, 0.3) is 0 Å². The highest BCUT2D eigenvalue weighted by Gasteiger charge is 2.13. The summed E-state index contributed by atoms with van der Waals surface area (Å²) < 4.78 is 0. The Hall–Kier alpha value is -0.0800. The van der Waals surface area contributed by atoms with Gasteiger partial charge in [-0.1, -0.05) is 0 Å². The lowest BCUT2D eigenvalue weighted by molar-refractivity contribution is -1.00. The average molecular weight is 115 g/mol. The SMILES string of the molecule is CN1CCCC[NH+]1C. The van der Waals surface area contributed by atoms with Crippen LogP contribution in [0.4, 0.5) is 0 Å². The number of quaternary nitrogens is 1. The molecular formula is C6H15N2+. The number of nitrogens with zero attached hydrogens (tertiary/aromatic N) is 1. The Balaban J connectivity index is 2.28. The second kappa shape index (κ2) is 2.46. The molecule has 2 heteroatoms. The summed E-state index contributed by atoms with van der Waals surface area (Å²) in [5.74, 6) is 0. The molecule has 8 heavy (non-hydrogen) atoms. The highest BCUT2D eigenvalue weighted by atomic mass is 15.6. The van der Waals surface area contributed by atoms with Crippen molar-refractivity contribution < 1.29 is 5.01 Å². The third-order valence-electron chi connectivity index (χ3n) is 1.93. The molecule has 1 fully saturated rings. The molecule has 1 aliphatic heterocycles. The van der Waals surface area contributed by atoms with E-state index in [9.17, 15) is 0 Å². The third-order valence-corrected chi connectivity index (χ3v) is 1.93. The largest absolute Gasteiger partial charge is 0.257 e. The van der Waals surface area contributed by atoms with E-state index in [1.54, 1.807) is 5.01 Å². The molecule has 0 amide bonds. The summed E-state index contributed by atoms with van der Waals surface area (Å²) >= 11 is 0. The summed E-state index contributed by atoms with van der Waals surface area (Å²) in [7, 11) is 4.40. The third kappa shape index (κ3) is 1.20. The maximum absolute atomic E-state index is 2.35. The van der Waals surface area contributed by atoms with Crippen molar-refractivity contribution in [2.24, 2.45) is 0 Å². The van der Waals surface area contributed by atoms with Gasteiger partial charge in [0, 0.05) is 13.6 Å². The van der Waals surface area contributed by atoms with E-state index < -0.39 is 0 Å². The van der Waals surface area contributed by atoms with Gasteiger partial charge < -0.3 is 0 Å². The molecule has 0 radical (unpaired) electrons. The molecule has 48 valence electrons. The minimum Gasteiger partial charge on any atom is -0.257 e. The molecule has 1 unspecified atom stereocenters. The standard InChI is InChI=1S/C6H14N2/c1-7-5-3-4-6-8(7)2/h3-6H2,1-2H3/p+1. The van der Waals surface area contributed by atoms with E-state index in [0.29, 0.717) is 0 Å². The minimum atomic E-state index is 1.27. The molecule has 0 aliphatic carbocycles. The molecule has 0 bridgehead atoms. The molecule has 0 saturated carbocycles. The molecular weight excluding hydrogens is 100 g/mol. The van der Waals surface area contributed by atoms with Crippen LogP contribution in [0.15, 0.2) is 0 Å². The van der Waals surface area contributed by atoms with Crippen LogP contribution in [0.5, 0.6) is 0 Å². The van der Waals surface area contributed by atoms with Crippen LogP contribution in [0.1, 0.15) is 12.8 Å². The van der Waals surface area contributed by atoms with Crippen LogP contribution in [-0.4, -0.2) is 32.2 Å². The summed E-state index contributed by atoms with van der Waals surface area (Å²) in [6.07, 6.45) is 2.78. The van der Waals surface area contributed by atoms with E-state index in [4.69, 9.17) is 0 Å². The van der Waals surface area contributed by atoms with E-state index in [0.717, 1.165) is 0 Å². The Morgan fingerprint density at radius 2 is 2.12 bits per heavy atom. The van der Waals surface area contributed by atoms with Crippen LogP contribution in [0.25, 0.3) is 0 Å². The van der Waals surface area contributed by atoms with Crippen LogP contribution < -0.4 is 5.01 Å². The zero-order valence-electron chi connectivity index (χ0n) is 5.78. The predicted molar refractivity (Wildman–Crippen MR) is 33.6 cm³/mol. The van der Waals surface area contributed by atoms with Gasteiger partial charge in [-0.05, 0) is 12.8 Å². The highest BCUT2D eigenvalue weighted by Crippen LogP contribution is 1.89. The monoisotopic (exact) mass is 115 g/mol. The number of hydrogen-bond acceptors (Lipinski definition) is 1. The molecule has 1 saturated heterocycles. The molecule has 0 aromatic rings. The summed E-state index contributed by atoms with van der Waals surface area (Å²) in [6.45, 7) is 2.59. The molecule has 1 rings (SSSR count). The van der Waals surface area contributed by atoms with Crippen molar-refractivity contribution in [1.29, 1.82) is 0 Å². The van der Waals surface area contributed by atoms with E-state index >= 15 is 0 Å². The molecule has 1 heterocycles. The van der Waals surface area contributed by atoms with Crippen molar-refractivity contribution in [1.82, 2.24) is 5.01 Å². The zero-order chi connectivity index (χ0) is 5.98. The fourth-order valence-electron chi connectivity index (χ4n) is 1.11. The fourth-order valence-corrected chi connectivity index (χ4v) is 1.11. The van der Waals surface area contributed by atoms with Gasteiger partial charge in [-0.3, -0.25) is 5.01 Å². The van der Waals surface area contributed by atoms with E-state index in [-0.39, 0.29) is 0 Å². The fraction of sp³-hybridized carbons (Fsp3) is 1.00. The van der Waals surface area contributed by atoms with Crippen molar-refractivity contribution in [3.8, 4) is 0 Å². The van der Waals surface area contributed by atoms with Gasteiger partial charge >= 0.3 is 0 Å². The van der Waals surface area contributed by atoms with Gasteiger partial charge in [-0.25, -0.2) is 0 Å². The average Bonchev–Trinajstić information content (AvgIpc) is 1.77. The number of hydrogen-bond donors (Lipinski definition) is 1. The van der Waals surface area contributed by atoms with Gasteiger partial charge in [-0.15, -0.1) is 0 Å². The maximum atomic E-state index is 2.35.